The Kier molecular flexibility index (Phi) is 4.09. The minimum atomic E-state index is -0.179. The Morgan fingerprint density at radius 1 is 1.50 bits per heavy atom. The van der Waals surface area contributed by atoms with Gasteiger partial charge in [-0.15, -0.1) is 0 Å². The summed E-state index contributed by atoms with van der Waals surface area (Å²) in [6, 6.07) is 0.187. The molecule has 1 saturated carbocycles. The van der Waals surface area contributed by atoms with Crippen molar-refractivity contribution in [1.29, 1.82) is 0 Å². The van der Waals surface area contributed by atoms with Crippen molar-refractivity contribution in [2.24, 2.45) is 0 Å². The number of aromatic nitrogens is 2. The second-order valence-electron chi connectivity index (χ2n) is 4.32. The van der Waals surface area contributed by atoms with Crippen LogP contribution in [0.3, 0.4) is 0 Å². The number of hydrogen-bond acceptors (Lipinski definition) is 5. The summed E-state index contributed by atoms with van der Waals surface area (Å²) in [6.45, 7) is 2.71. The molecule has 0 saturated heterocycles. The highest BCUT2D eigenvalue weighted by atomic mass is 16.5. The molecular formula is C12H18N4O2. The SMILES string of the molecule is CCNc1cncc(C(=O)NC2CC(OC)C2)n1. The van der Waals surface area contributed by atoms with Crippen molar-refractivity contribution in [3.63, 3.8) is 0 Å². The molecule has 6 heteroatoms. The topological polar surface area (TPSA) is 76.1 Å². The summed E-state index contributed by atoms with van der Waals surface area (Å²) in [4.78, 5) is 20.1. The van der Waals surface area contributed by atoms with E-state index < -0.39 is 0 Å². The van der Waals surface area contributed by atoms with Crippen LogP contribution in [-0.2, 0) is 4.74 Å². The average Bonchev–Trinajstić information content (AvgIpc) is 2.33. The molecule has 0 aromatic carbocycles. The Bertz CT molecular complexity index is 418. The van der Waals surface area contributed by atoms with Gasteiger partial charge in [-0.25, -0.2) is 4.98 Å². The van der Waals surface area contributed by atoms with Crippen molar-refractivity contribution < 1.29 is 9.53 Å². The quantitative estimate of drug-likeness (QED) is 0.809. The molecule has 2 N–H and O–H groups in total. The molecular weight excluding hydrogens is 232 g/mol. The molecule has 6 nitrogen and oxygen atoms in total. The second-order valence-corrected chi connectivity index (χ2v) is 4.32. The van der Waals surface area contributed by atoms with Crippen molar-refractivity contribution in [2.75, 3.05) is 19.0 Å². The lowest BCUT2D eigenvalue weighted by Gasteiger charge is -2.34. The molecule has 1 fully saturated rings. The molecule has 1 aliphatic rings. The standard InChI is InChI=1S/C12H18N4O2/c1-3-14-11-7-13-6-10(16-11)12(17)15-8-4-9(5-8)18-2/h6-9H,3-5H2,1-2H3,(H,14,16)(H,15,17). The fourth-order valence-electron chi connectivity index (χ4n) is 1.88. The van der Waals surface area contributed by atoms with E-state index in [4.69, 9.17) is 4.74 Å². The first-order chi connectivity index (χ1) is 8.72. The first-order valence-corrected chi connectivity index (χ1v) is 6.12. The lowest BCUT2D eigenvalue weighted by atomic mass is 9.89. The van der Waals surface area contributed by atoms with Gasteiger partial charge in [0, 0.05) is 19.7 Å². The number of carbonyl (C=O) groups excluding carboxylic acids is 1. The molecule has 1 amide bonds. The van der Waals surface area contributed by atoms with Crippen LogP contribution < -0.4 is 10.6 Å². The molecule has 18 heavy (non-hydrogen) atoms. The van der Waals surface area contributed by atoms with Gasteiger partial charge in [-0.2, -0.15) is 0 Å². The molecule has 0 bridgehead atoms. The van der Waals surface area contributed by atoms with Crippen molar-refractivity contribution >= 4 is 11.7 Å². The van der Waals surface area contributed by atoms with Gasteiger partial charge in [0.2, 0.25) is 0 Å². The van der Waals surface area contributed by atoms with Crippen LogP contribution >= 0.6 is 0 Å². The van der Waals surface area contributed by atoms with Crippen LogP contribution in [0.15, 0.2) is 12.4 Å². The maximum atomic E-state index is 11.9. The van der Waals surface area contributed by atoms with Crippen molar-refractivity contribution in [3.8, 4) is 0 Å². The molecule has 0 radical (unpaired) electrons. The molecule has 0 spiro atoms. The van der Waals surface area contributed by atoms with Crippen LogP contribution in [0.25, 0.3) is 0 Å². The zero-order valence-corrected chi connectivity index (χ0v) is 10.6. The number of nitrogens with one attached hydrogen (secondary N) is 2. The van der Waals surface area contributed by atoms with E-state index in [1.807, 2.05) is 6.92 Å². The Labute approximate surface area is 106 Å². The van der Waals surface area contributed by atoms with Crippen LogP contribution in [0.2, 0.25) is 0 Å². The molecule has 1 aromatic heterocycles. The Morgan fingerprint density at radius 3 is 2.94 bits per heavy atom. The minimum Gasteiger partial charge on any atom is -0.381 e. The van der Waals surface area contributed by atoms with E-state index >= 15 is 0 Å². The molecule has 2 rings (SSSR count). The molecule has 0 atom stereocenters. The van der Waals surface area contributed by atoms with E-state index in [-0.39, 0.29) is 18.1 Å². The van der Waals surface area contributed by atoms with E-state index in [1.54, 1.807) is 13.3 Å². The predicted octanol–water partition coefficient (Wildman–Crippen LogP) is 0.816. The molecule has 1 heterocycles. The number of amides is 1. The normalized spacial score (nSPS) is 22.1. The van der Waals surface area contributed by atoms with Gasteiger partial charge < -0.3 is 15.4 Å². The summed E-state index contributed by atoms with van der Waals surface area (Å²) in [5.41, 5.74) is 0.342. The van der Waals surface area contributed by atoms with Crippen LogP contribution in [0.1, 0.15) is 30.3 Å². The second kappa shape index (κ2) is 5.77. The van der Waals surface area contributed by atoms with Crippen LogP contribution in [0, 0.1) is 0 Å². The van der Waals surface area contributed by atoms with Gasteiger partial charge in [0.15, 0.2) is 0 Å². The van der Waals surface area contributed by atoms with Gasteiger partial charge in [-0.1, -0.05) is 0 Å². The third kappa shape index (κ3) is 2.95. The van der Waals surface area contributed by atoms with Gasteiger partial charge in [0.25, 0.3) is 5.91 Å². The van der Waals surface area contributed by atoms with E-state index in [0.29, 0.717) is 11.5 Å². The highest BCUT2D eigenvalue weighted by Crippen LogP contribution is 2.22. The van der Waals surface area contributed by atoms with Crippen LogP contribution in [-0.4, -0.2) is 41.7 Å². The van der Waals surface area contributed by atoms with Crippen molar-refractivity contribution in [1.82, 2.24) is 15.3 Å². The number of carbonyl (C=O) groups is 1. The Hall–Kier alpha value is -1.69. The summed E-state index contributed by atoms with van der Waals surface area (Å²) in [5, 5.41) is 5.94. The first kappa shape index (κ1) is 12.8. The zero-order chi connectivity index (χ0) is 13.0. The monoisotopic (exact) mass is 250 g/mol. The number of methoxy groups -OCH3 is 1. The largest absolute Gasteiger partial charge is 0.381 e. The van der Waals surface area contributed by atoms with Gasteiger partial charge >= 0.3 is 0 Å². The highest BCUT2D eigenvalue weighted by molar-refractivity contribution is 5.92. The predicted molar refractivity (Wildman–Crippen MR) is 67.5 cm³/mol. The lowest BCUT2D eigenvalue weighted by molar-refractivity contribution is 0.0175. The number of hydrogen-bond donors (Lipinski definition) is 2. The molecule has 0 aliphatic heterocycles. The fourth-order valence-corrected chi connectivity index (χ4v) is 1.88. The number of ether oxygens (including phenoxy) is 1. The van der Waals surface area contributed by atoms with E-state index in [9.17, 15) is 4.79 Å². The Morgan fingerprint density at radius 2 is 2.28 bits per heavy atom. The van der Waals surface area contributed by atoms with Crippen molar-refractivity contribution in [2.45, 2.75) is 31.9 Å². The number of rotatable bonds is 5. The van der Waals surface area contributed by atoms with E-state index in [2.05, 4.69) is 20.6 Å². The van der Waals surface area contributed by atoms with Crippen molar-refractivity contribution in [3.05, 3.63) is 18.1 Å². The zero-order valence-electron chi connectivity index (χ0n) is 10.6. The first-order valence-electron chi connectivity index (χ1n) is 6.12. The third-order valence-corrected chi connectivity index (χ3v) is 2.99. The molecule has 0 unspecified atom stereocenters. The fraction of sp³-hybridized carbons (Fsp3) is 0.583. The maximum absolute atomic E-state index is 11.9. The third-order valence-electron chi connectivity index (χ3n) is 2.99. The minimum absolute atomic E-state index is 0.179. The highest BCUT2D eigenvalue weighted by Gasteiger charge is 2.30. The summed E-state index contributed by atoms with van der Waals surface area (Å²) in [6.07, 6.45) is 5.08. The van der Waals surface area contributed by atoms with Crippen LogP contribution in [0.4, 0.5) is 5.82 Å². The maximum Gasteiger partial charge on any atom is 0.271 e. The Balaban J connectivity index is 1.90. The molecule has 1 aromatic rings. The average molecular weight is 250 g/mol. The van der Waals surface area contributed by atoms with Gasteiger partial charge in [-0.05, 0) is 19.8 Å². The summed E-state index contributed by atoms with van der Waals surface area (Å²) < 4.78 is 5.17. The van der Waals surface area contributed by atoms with Gasteiger partial charge in [0.05, 0.1) is 18.5 Å². The molecule has 1 aliphatic carbocycles. The smallest absolute Gasteiger partial charge is 0.271 e. The summed E-state index contributed by atoms with van der Waals surface area (Å²) in [7, 11) is 1.69. The van der Waals surface area contributed by atoms with Crippen LogP contribution in [0.5, 0.6) is 0 Å². The number of anilines is 1. The molecule has 98 valence electrons. The summed E-state index contributed by atoms with van der Waals surface area (Å²) >= 11 is 0. The van der Waals surface area contributed by atoms with Gasteiger partial charge in [-0.3, -0.25) is 9.78 Å². The summed E-state index contributed by atoms with van der Waals surface area (Å²) in [5.74, 6) is 0.440. The van der Waals surface area contributed by atoms with Gasteiger partial charge in [0.1, 0.15) is 11.5 Å². The lowest BCUT2D eigenvalue weighted by Crippen LogP contribution is -2.47. The number of nitrogens with zero attached hydrogens (tertiary/aromatic N) is 2. The van der Waals surface area contributed by atoms with E-state index in [1.165, 1.54) is 6.20 Å². The van der Waals surface area contributed by atoms with E-state index in [0.717, 1.165) is 19.4 Å².